The summed E-state index contributed by atoms with van der Waals surface area (Å²) in [6.07, 6.45) is 0.213. The van der Waals surface area contributed by atoms with Crippen molar-refractivity contribution in [1.82, 2.24) is 5.32 Å². The first-order valence-electron chi connectivity index (χ1n) is 6.71. The van der Waals surface area contributed by atoms with Gasteiger partial charge in [0.25, 0.3) is 0 Å². The normalized spacial score (nSPS) is 13.7. The smallest absolute Gasteiger partial charge is 0.224 e. The molecule has 2 N–H and O–H groups in total. The van der Waals surface area contributed by atoms with Crippen molar-refractivity contribution >= 4 is 11.6 Å². The first-order chi connectivity index (χ1) is 9.01. The number of nitrogens with one attached hydrogen (secondary N) is 1. The number of nitrogens with zero attached hydrogens (tertiary/aromatic N) is 1. The molecule has 0 aromatic heterocycles. The molecule has 4 heteroatoms. The molecule has 0 aliphatic carbocycles. The highest BCUT2D eigenvalue weighted by Gasteiger charge is 2.17. The van der Waals surface area contributed by atoms with E-state index in [0.717, 1.165) is 11.3 Å². The zero-order valence-electron chi connectivity index (χ0n) is 12.2. The second kappa shape index (κ2) is 7.14. The molecule has 106 valence electrons. The molecule has 0 heterocycles. The van der Waals surface area contributed by atoms with E-state index in [4.69, 9.17) is 0 Å². The van der Waals surface area contributed by atoms with E-state index in [9.17, 15) is 9.90 Å². The van der Waals surface area contributed by atoms with E-state index in [1.807, 2.05) is 50.1 Å². The molecule has 1 unspecified atom stereocenters. The van der Waals surface area contributed by atoms with Gasteiger partial charge in [-0.2, -0.15) is 0 Å². The van der Waals surface area contributed by atoms with Crippen molar-refractivity contribution in [3.05, 3.63) is 29.8 Å². The first-order valence-corrected chi connectivity index (χ1v) is 6.71. The van der Waals surface area contributed by atoms with Gasteiger partial charge in [-0.25, -0.2) is 0 Å². The lowest BCUT2D eigenvalue weighted by atomic mass is 10.0. The maximum atomic E-state index is 11.6. The molecular weight excluding hydrogens is 240 g/mol. The average molecular weight is 264 g/mol. The number of rotatable bonds is 6. The Morgan fingerprint density at radius 1 is 1.42 bits per heavy atom. The van der Waals surface area contributed by atoms with Crippen LogP contribution < -0.4 is 10.2 Å². The molecule has 4 nitrogen and oxygen atoms in total. The highest BCUT2D eigenvalue weighted by Crippen LogP contribution is 2.27. The summed E-state index contributed by atoms with van der Waals surface area (Å²) in [7, 11) is 3.59. The summed E-state index contributed by atoms with van der Waals surface area (Å²) in [5, 5.41) is 12.7. The second-order valence-electron chi connectivity index (χ2n) is 4.88. The van der Waals surface area contributed by atoms with Crippen LogP contribution in [0, 0.1) is 5.92 Å². The van der Waals surface area contributed by atoms with Crippen molar-refractivity contribution < 1.29 is 9.90 Å². The van der Waals surface area contributed by atoms with Crippen LogP contribution in [0.3, 0.4) is 0 Å². The third-order valence-electron chi connectivity index (χ3n) is 3.34. The molecule has 0 aliphatic rings. The number of benzene rings is 1. The molecule has 0 fully saturated rings. The average Bonchev–Trinajstić information content (AvgIpc) is 2.45. The van der Waals surface area contributed by atoms with E-state index in [1.165, 1.54) is 0 Å². The number of anilines is 1. The Morgan fingerprint density at radius 3 is 2.63 bits per heavy atom. The number of aliphatic hydroxyl groups is 1. The molecule has 0 aliphatic heterocycles. The molecule has 0 saturated heterocycles. The highest BCUT2D eigenvalue weighted by molar-refractivity contribution is 5.78. The minimum Gasteiger partial charge on any atom is -0.388 e. The monoisotopic (exact) mass is 264 g/mol. The minimum atomic E-state index is -0.464. The lowest BCUT2D eigenvalue weighted by Gasteiger charge is -2.26. The summed E-state index contributed by atoms with van der Waals surface area (Å²) in [5.41, 5.74) is 1.89. The fraction of sp³-hybridized carbons (Fsp3) is 0.533. The SMILES string of the molecule is CC[C@@H](O)c1ccccc1N(C)CC(C)C(=O)NC. The lowest BCUT2D eigenvalue weighted by Crippen LogP contribution is -2.34. The van der Waals surface area contributed by atoms with Gasteiger partial charge in [-0.05, 0) is 12.5 Å². The maximum absolute atomic E-state index is 11.6. The minimum absolute atomic E-state index is 0.0281. The van der Waals surface area contributed by atoms with Gasteiger partial charge in [0.15, 0.2) is 0 Å². The van der Waals surface area contributed by atoms with Gasteiger partial charge in [0.2, 0.25) is 5.91 Å². The van der Waals surface area contributed by atoms with Crippen molar-refractivity contribution in [1.29, 1.82) is 0 Å². The zero-order chi connectivity index (χ0) is 14.4. The van der Waals surface area contributed by atoms with E-state index < -0.39 is 6.10 Å². The summed E-state index contributed by atoms with van der Waals surface area (Å²) in [5.74, 6) is -0.0674. The van der Waals surface area contributed by atoms with Crippen LogP contribution in [0.1, 0.15) is 31.9 Å². The van der Waals surface area contributed by atoms with Crippen LogP contribution in [0.5, 0.6) is 0 Å². The van der Waals surface area contributed by atoms with Gasteiger partial charge in [0.05, 0.1) is 12.0 Å². The van der Waals surface area contributed by atoms with Gasteiger partial charge in [0.1, 0.15) is 0 Å². The molecule has 1 amide bonds. The largest absolute Gasteiger partial charge is 0.388 e. The number of carbonyl (C=O) groups is 1. The number of para-hydroxylation sites is 1. The molecule has 0 spiro atoms. The van der Waals surface area contributed by atoms with Crippen LogP contribution in [-0.2, 0) is 4.79 Å². The third kappa shape index (κ3) is 3.96. The van der Waals surface area contributed by atoms with Crippen LogP contribution in [0.25, 0.3) is 0 Å². The van der Waals surface area contributed by atoms with E-state index in [2.05, 4.69) is 5.32 Å². The Labute approximate surface area is 115 Å². The van der Waals surface area contributed by atoms with Crippen molar-refractivity contribution in [3.8, 4) is 0 Å². The van der Waals surface area contributed by atoms with Gasteiger partial charge < -0.3 is 15.3 Å². The number of hydrogen-bond donors (Lipinski definition) is 2. The summed E-state index contributed by atoms with van der Waals surface area (Å²) in [6, 6.07) is 7.78. The predicted molar refractivity (Wildman–Crippen MR) is 78.2 cm³/mol. The third-order valence-corrected chi connectivity index (χ3v) is 3.34. The zero-order valence-corrected chi connectivity index (χ0v) is 12.2. The summed E-state index contributed by atoms with van der Waals surface area (Å²) >= 11 is 0. The van der Waals surface area contributed by atoms with Gasteiger partial charge in [-0.1, -0.05) is 32.0 Å². The highest BCUT2D eigenvalue weighted by atomic mass is 16.3. The molecular formula is C15H24N2O2. The first kappa shape index (κ1) is 15.5. The molecule has 19 heavy (non-hydrogen) atoms. The van der Waals surface area contributed by atoms with Crippen LogP contribution in [0.2, 0.25) is 0 Å². The van der Waals surface area contributed by atoms with Crippen molar-refractivity contribution in [2.75, 3.05) is 25.5 Å². The number of hydrogen-bond acceptors (Lipinski definition) is 3. The quantitative estimate of drug-likeness (QED) is 0.825. The summed E-state index contributed by atoms with van der Waals surface area (Å²) < 4.78 is 0. The van der Waals surface area contributed by atoms with Crippen molar-refractivity contribution in [2.45, 2.75) is 26.4 Å². The van der Waals surface area contributed by atoms with E-state index >= 15 is 0 Å². The Morgan fingerprint density at radius 2 is 2.05 bits per heavy atom. The molecule has 2 atom stereocenters. The van der Waals surface area contributed by atoms with Gasteiger partial charge in [-0.3, -0.25) is 4.79 Å². The second-order valence-corrected chi connectivity index (χ2v) is 4.88. The van der Waals surface area contributed by atoms with Gasteiger partial charge >= 0.3 is 0 Å². The molecule has 0 bridgehead atoms. The Hall–Kier alpha value is -1.55. The van der Waals surface area contributed by atoms with Gasteiger partial charge in [-0.15, -0.1) is 0 Å². The van der Waals surface area contributed by atoms with Crippen LogP contribution >= 0.6 is 0 Å². The fourth-order valence-electron chi connectivity index (χ4n) is 2.18. The predicted octanol–water partition coefficient (Wildman–Crippen LogP) is 1.95. The Bertz CT molecular complexity index is 420. The molecule has 0 saturated carbocycles. The number of carbonyl (C=O) groups excluding carboxylic acids is 1. The number of aliphatic hydroxyl groups excluding tert-OH is 1. The van der Waals surface area contributed by atoms with Crippen LogP contribution in [0.4, 0.5) is 5.69 Å². The van der Waals surface area contributed by atoms with Crippen molar-refractivity contribution in [2.24, 2.45) is 5.92 Å². The molecule has 1 aromatic rings. The summed E-state index contributed by atoms with van der Waals surface area (Å²) in [4.78, 5) is 13.6. The van der Waals surface area contributed by atoms with Crippen molar-refractivity contribution in [3.63, 3.8) is 0 Å². The van der Waals surface area contributed by atoms with E-state index in [-0.39, 0.29) is 11.8 Å². The van der Waals surface area contributed by atoms with Crippen LogP contribution in [-0.4, -0.2) is 31.7 Å². The fourth-order valence-corrected chi connectivity index (χ4v) is 2.18. The standard InChI is InChI=1S/C15H24N2O2/c1-5-14(18)12-8-6-7-9-13(12)17(4)10-11(2)15(19)16-3/h6-9,11,14,18H,5,10H2,1-4H3,(H,16,19)/t11?,14-/m1/s1. The molecule has 1 rings (SSSR count). The lowest BCUT2D eigenvalue weighted by molar-refractivity contribution is -0.123. The Balaban J connectivity index is 2.87. The Kier molecular flexibility index (Phi) is 5.83. The molecule has 0 radical (unpaired) electrons. The maximum Gasteiger partial charge on any atom is 0.224 e. The van der Waals surface area contributed by atoms with E-state index in [0.29, 0.717) is 13.0 Å². The van der Waals surface area contributed by atoms with E-state index in [1.54, 1.807) is 7.05 Å². The van der Waals surface area contributed by atoms with Gasteiger partial charge in [0, 0.05) is 31.9 Å². The van der Waals surface area contributed by atoms with Crippen LogP contribution in [0.15, 0.2) is 24.3 Å². The number of amides is 1. The summed E-state index contributed by atoms with van der Waals surface area (Å²) in [6.45, 7) is 4.47. The topological polar surface area (TPSA) is 52.6 Å². The molecule has 1 aromatic carbocycles.